The standard InChI is InChI=1S/C27H26N.C18H14N.C17H10NO.C17H12N.3C12H10N.C11H20O2.4Ir/c1-18(2)12-23-17-27(24-14-19(3)13-20(4)15-24)28-26-11-10-22(16-25(23)26)21-8-6-5-7-9-21;1-14-10-11-18(19-13-14)17-9-5-8-16(12-17)15-6-3-2-4-7-15;1-2-10-16-12(6-1)13-7-5-8-14(17(13)19-16)15-9-3-4-11-18-15;1-3-7-14(8-4-1)16-11-12-17(18-13-16)15-9-5-2-6-10-15;1-10-6-5-9-12(13-10)11-7-3-2-4-8-11;2*1-10-7-8-12(13-9-10)11-5-3-2-4-6-11;1-10(2,3)8(12)7-9(13)11(4,5)6;;;;/h5-11,13-14,16-18H,12H2,1-4H3;2-8,10-13H,1H3;1-7,9-11H;1-9,11-13H;2-7,9H,1H3;2*2-5,7-9H,1H3;7,12H,1-6H3;;;;/q7*-1;;;;;/i;1D3;;;;1D3;;;;;;. The van der Waals surface area contributed by atoms with E-state index in [-0.39, 0.29) is 109 Å². The van der Waals surface area contributed by atoms with Gasteiger partial charge in [0.2, 0.25) is 0 Å². The number of carbonyl (C=O) groups is 1. The third-order valence-corrected chi connectivity index (χ3v) is 21.4. The SMILES string of the molecule is CC(C)(C)C(=O)C=C(O)C(C)(C)C.Cc1[c-]c(-c2cc(CC(C)C)c3cc(-c4ccccc4)ccc3n2)cc(C)c1.Cc1ccc(-c2[c-]cccc2)nc1.Cc1cccc(-c2[c-]cccc2)n1.[2H]C([2H])([2H])c1ccc(-c2[c-]ccc(-c3ccccc3)c2)nc1.[2H]C([2H])([2H])c1ccc(-c2[c-]cccc2)nc1.[Ir].[Ir].[Ir].[Ir].[c-]1ccc2c(oc3ccccc32)c1-c1ccccn1.[c-]1ccccc1-c1ccc(-c2ccccc2)cn1. The van der Waals surface area contributed by atoms with Crippen LogP contribution in [0.15, 0.2) is 411 Å². The van der Waals surface area contributed by atoms with Crippen LogP contribution >= 0.6 is 0 Å². The molecule has 12 aromatic carbocycles. The van der Waals surface area contributed by atoms with Crippen molar-refractivity contribution in [2.24, 2.45) is 16.7 Å². The van der Waals surface area contributed by atoms with Gasteiger partial charge in [0.1, 0.15) is 11.3 Å². The minimum Gasteiger partial charge on any atom is -0.512 e. The summed E-state index contributed by atoms with van der Waals surface area (Å²) in [7, 11) is 0. The first-order valence-electron chi connectivity index (χ1n) is 48.2. The molecule has 0 bridgehead atoms. The molecule has 0 aliphatic heterocycles. The van der Waals surface area contributed by atoms with Crippen LogP contribution in [0.1, 0.15) is 103 Å². The molecule has 0 saturated heterocycles. The van der Waals surface area contributed by atoms with Crippen LogP contribution in [0, 0.1) is 101 Å². The van der Waals surface area contributed by atoms with Gasteiger partial charge < -0.3 is 39.4 Å². The molecule has 0 saturated carbocycles. The van der Waals surface area contributed by atoms with Crippen LogP contribution in [0.4, 0.5) is 0 Å². The largest absolute Gasteiger partial charge is 0.512 e. The molecule has 20 aromatic rings. The second-order valence-electron chi connectivity index (χ2n) is 34.9. The number of nitrogens with zero attached hydrogens (tertiary/aromatic N) is 7. The first-order valence-corrected chi connectivity index (χ1v) is 45.2. The Morgan fingerprint density at radius 3 is 1.31 bits per heavy atom. The number of furan rings is 1. The number of aromatic nitrogens is 7. The zero-order chi connectivity index (χ0) is 101. The molecule has 1 N–H and O–H groups in total. The van der Waals surface area contributed by atoms with Crippen molar-refractivity contribution in [2.45, 2.75) is 103 Å². The summed E-state index contributed by atoms with van der Waals surface area (Å²) >= 11 is 0. The minimum atomic E-state index is -2.12. The number of aliphatic hydroxyl groups excluding tert-OH is 1. The topological polar surface area (TPSA) is 141 Å². The van der Waals surface area contributed by atoms with E-state index in [1.165, 1.54) is 57.2 Å². The van der Waals surface area contributed by atoms with Gasteiger partial charge in [-0.1, -0.05) is 274 Å². The number of rotatable bonds is 13. The molecule has 712 valence electrons. The second-order valence-corrected chi connectivity index (χ2v) is 34.9. The van der Waals surface area contributed by atoms with E-state index in [2.05, 4.69) is 197 Å². The van der Waals surface area contributed by atoms with E-state index in [1.54, 1.807) is 36.5 Å². The fourth-order valence-corrected chi connectivity index (χ4v) is 14.3. The molecule has 0 atom stereocenters. The summed E-state index contributed by atoms with van der Waals surface area (Å²) in [6.07, 6.45) is 10.7. The van der Waals surface area contributed by atoms with E-state index in [0.29, 0.717) is 11.6 Å². The van der Waals surface area contributed by atoms with Gasteiger partial charge in [-0.05, 0) is 160 Å². The minimum absolute atomic E-state index is 0. The van der Waals surface area contributed by atoms with Gasteiger partial charge in [-0.2, -0.15) is 0 Å². The zero-order valence-corrected chi connectivity index (χ0v) is 89.7. The third-order valence-electron chi connectivity index (χ3n) is 21.4. The monoisotopic (exact) mass is 2550 g/mol. The Balaban J connectivity index is 0.000000187. The molecule has 140 heavy (non-hydrogen) atoms. The van der Waals surface area contributed by atoms with Gasteiger partial charge in [0.15, 0.2) is 5.78 Å². The summed E-state index contributed by atoms with van der Waals surface area (Å²) in [6.45, 7) is 19.7. The van der Waals surface area contributed by atoms with Crippen LogP contribution in [0.2, 0.25) is 0 Å². The maximum Gasteiger partial charge on any atom is 0.164 e. The normalized spacial score (nSPS) is 11.4. The van der Waals surface area contributed by atoms with E-state index in [1.807, 2.05) is 304 Å². The Morgan fingerprint density at radius 2 is 0.836 bits per heavy atom. The van der Waals surface area contributed by atoms with Gasteiger partial charge in [-0.3, -0.25) is 9.78 Å². The van der Waals surface area contributed by atoms with Gasteiger partial charge in [-0.15, -0.1) is 232 Å². The van der Waals surface area contributed by atoms with E-state index in [4.69, 9.17) is 17.6 Å². The van der Waals surface area contributed by atoms with Gasteiger partial charge in [0, 0.05) is 153 Å². The van der Waals surface area contributed by atoms with Crippen LogP contribution < -0.4 is 0 Å². The molecule has 0 spiro atoms. The van der Waals surface area contributed by atoms with Crippen molar-refractivity contribution in [1.29, 1.82) is 0 Å². The van der Waals surface area contributed by atoms with Gasteiger partial charge >= 0.3 is 0 Å². The van der Waals surface area contributed by atoms with Crippen molar-refractivity contribution in [3.05, 3.63) is 488 Å². The second kappa shape index (κ2) is 54.8. The van der Waals surface area contributed by atoms with Crippen LogP contribution in [-0.2, 0) is 91.6 Å². The number of hydrogen-bond acceptors (Lipinski definition) is 10. The molecule has 0 aliphatic rings. The number of fused-ring (bicyclic) bond motifs is 4. The van der Waals surface area contributed by atoms with Crippen molar-refractivity contribution in [1.82, 2.24) is 34.9 Å². The van der Waals surface area contributed by atoms with Crippen LogP contribution in [0.5, 0.6) is 0 Å². The number of allylic oxidation sites excluding steroid dienone is 2. The molecule has 20 rings (SSSR count). The third kappa shape index (κ3) is 32.9. The Labute approximate surface area is 889 Å². The average Bonchev–Trinajstić information content (AvgIpc) is 1.62. The molecule has 14 heteroatoms. The maximum absolute atomic E-state index is 11.5. The quantitative estimate of drug-likeness (QED) is 0.0674. The van der Waals surface area contributed by atoms with Crippen LogP contribution in [0.25, 0.3) is 145 Å². The molecule has 10 nitrogen and oxygen atoms in total. The fourth-order valence-electron chi connectivity index (χ4n) is 14.3. The first-order chi connectivity index (χ1) is 68.2. The molecular formula is C126H112Ir4N7O3-7. The molecule has 8 aromatic heterocycles. The van der Waals surface area contributed by atoms with E-state index in [0.717, 1.165) is 135 Å². The number of pyridine rings is 7. The molecular weight excluding hydrogens is 2430 g/mol. The van der Waals surface area contributed by atoms with Gasteiger partial charge in [-0.25, -0.2) is 0 Å². The Bertz CT molecular complexity index is 7380. The number of benzene rings is 12. The predicted molar refractivity (Wildman–Crippen MR) is 562 cm³/mol. The van der Waals surface area contributed by atoms with Crippen molar-refractivity contribution >= 4 is 38.6 Å². The number of ketones is 1. The predicted octanol–water partition coefficient (Wildman–Crippen LogP) is 32.0. The Morgan fingerprint density at radius 1 is 0.364 bits per heavy atom. The summed E-state index contributed by atoms with van der Waals surface area (Å²) in [5.74, 6) is 0.689. The van der Waals surface area contributed by atoms with Gasteiger partial charge in [0.05, 0.1) is 11.1 Å². The molecule has 0 aliphatic carbocycles. The van der Waals surface area contributed by atoms with Crippen LogP contribution in [0.3, 0.4) is 0 Å². The smallest absolute Gasteiger partial charge is 0.164 e. The summed E-state index contributed by atoms with van der Waals surface area (Å²) in [6, 6.07) is 142. The van der Waals surface area contributed by atoms with Gasteiger partial charge in [0.25, 0.3) is 0 Å². The fraction of sp³-hybridized carbons (Fsp3) is 0.143. The van der Waals surface area contributed by atoms with Crippen molar-refractivity contribution < 1.29 is 103 Å². The molecule has 4 radical (unpaired) electrons. The number of para-hydroxylation sites is 1. The number of carbonyl (C=O) groups excluding carboxylic acids is 1. The van der Waals surface area contributed by atoms with E-state index < -0.39 is 19.1 Å². The zero-order valence-electron chi connectivity index (χ0n) is 86.1. The van der Waals surface area contributed by atoms with E-state index >= 15 is 0 Å². The number of hydrogen-bond donors (Lipinski definition) is 1. The Hall–Kier alpha value is -13.4. The molecule has 8 heterocycles. The number of aliphatic hydroxyl groups is 1. The summed E-state index contributed by atoms with van der Waals surface area (Å²) < 4.78 is 49.8. The van der Waals surface area contributed by atoms with Crippen LogP contribution in [-0.4, -0.2) is 45.8 Å². The average molecular weight is 2550 g/mol. The van der Waals surface area contributed by atoms with Crippen molar-refractivity contribution in [2.75, 3.05) is 0 Å². The first kappa shape index (κ1) is 101. The maximum atomic E-state index is 11.5. The van der Waals surface area contributed by atoms with Crippen molar-refractivity contribution in [3.8, 4) is 112 Å². The van der Waals surface area contributed by atoms with Crippen molar-refractivity contribution in [3.63, 3.8) is 0 Å². The molecule has 0 amide bonds. The molecule has 0 fully saturated rings. The van der Waals surface area contributed by atoms with E-state index in [9.17, 15) is 9.90 Å². The number of aryl methyl sites for hydroxylation is 6. The summed E-state index contributed by atoms with van der Waals surface area (Å²) in [5.41, 5.74) is 28.6. The summed E-state index contributed by atoms with van der Waals surface area (Å²) in [4.78, 5) is 42.5. The Kier molecular flexibility index (Phi) is 39.5. The summed E-state index contributed by atoms with van der Waals surface area (Å²) in [5, 5.41) is 13.0. The molecule has 0 unspecified atom stereocenters.